The van der Waals surface area contributed by atoms with Crippen LogP contribution < -0.4 is 10.2 Å². The maximum Gasteiger partial charge on any atom is 0.253 e. The number of carbonyl (C=O) groups is 1. The number of fused-ring (bicyclic) bond motifs is 1. The van der Waals surface area contributed by atoms with Gasteiger partial charge in [-0.3, -0.25) is 9.00 Å². The number of rotatable bonds is 9. The van der Waals surface area contributed by atoms with Crippen LogP contribution in [0.4, 0.5) is 11.4 Å². The molecule has 5 rings (SSSR count). The third kappa shape index (κ3) is 5.74. The van der Waals surface area contributed by atoms with E-state index in [9.17, 15) is 18.8 Å². The van der Waals surface area contributed by atoms with Crippen LogP contribution in [-0.2, 0) is 17.6 Å². The highest BCUT2D eigenvalue weighted by Crippen LogP contribution is 2.36. The summed E-state index contributed by atoms with van der Waals surface area (Å²) in [5.41, 5.74) is 6.23. The molecule has 4 aromatic rings. The van der Waals surface area contributed by atoms with Crippen LogP contribution in [0.3, 0.4) is 0 Å². The Morgan fingerprint density at radius 1 is 1.02 bits per heavy atom. The number of anilines is 2. The van der Waals surface area contributed by atoms with Gasteiger partial charge in [0.15, 0.2) is 0 Å². The summed E-state index contributed by atoms with van der Waals surface area (Å²) in [6.07, 6.45) is 0.543. The largest absolute Gasteiger partial charge is 0.772 e. The number of piperazine rings is 1. The van der Waals surface area contributed by atoms with Gasteiger partial charge in [-0.25, -0.2) is 0 Å². The van der Waals surface area contributed by atoms with E-state index in [0.29, 0.717) is 38.2 Å². The van der Waals surface area contributed by atoms with Crippen LogP contribution >= 0.6 is 0 Å². The predicted molar refractivity (Wildman–Crippen MR) is 159 cm³/mol. The van der Waals surface area contributed by atoms with Gasteiger partial charge in [0, 0.05) is 67.3 Å². The monoisotopic (exact) mass is 554 g/mol. The maximum atomic E-state index is 12.9. The van der Waals surface area contributed by atoms with Gasteiger partial charge in [0.2, 0.25) is 0 Å². The molecule has 1 aliphatic heterocycles. The highest BCUT2D eigenvalue weighted by atomic mass is 32.2. The quantitative estimate of drug-likeness (QED) is 0.234. The maximum absolute atomic E-state index is 12.9. The predicted octanol–water partition coefficient (Wildman–Crippen LogP) is 4.84. The van der Waals surface area contributed by atoms with E-state index in [4.69, 9.17) is 0 Å². The molecule has 1 aliphatic rings. The second-order valence-corrected chi connectivity index (χ2v) is 10.8. The molecule has 3 aromatic carbocycles. The summed E-state index contributed by atoms with van der Waals surface area (Å²) in [5.74, 6) is 0.204. The van der Waals surface area contributed by atoms with Crippen molar-refractivity contribution in [3.8, 4) is 17.3 Å². The lowest BCUT2D eigenvalue weighted by molar-refractivity contribution is 0.0747. The lowest BCUT2D eigenvalue weighted by Crippen LogP contribution is -2.48. The van der Waals surface area contributed by atoms with Crippen LogP contribution in [0, 0.1) is 11.3 Å². The molecular weight excluding hydrogens is 522 g/mol. The third-order valence-electron chi connectivity index (χ3n) is 7.40. The van der Waals surface area contributed by atoms with Gasteiger partial charge in [0.05, 0.1) is 16.8 Å². The molecule has 0 bridgehead atoms. The molecule has 1 saturated heterocycles. The summed E-state index contributed by atoms with van der Waals surface area (Å²) in [6.45, 7) is 6.17. The Morgan fingerprint density at radius 2 is 1.75 bits per heavy atom. The van der Waals surface area contributed by atoms with E-state index in [-0.39, 0.29) is 11.7 Å². The zero-order valence-electron chi connectivity index (χ0n) is 22.5. The smallest absolute Gasteiger partial charge is 0.253 e. The van der Waals surface area contributed by atoms with Crippen molar-refractivity contribution in [3.63, 3.8) is 0 Å². The van der Waals surface area contributed by atoms with E-state index in [1.807, 2.05) is 65.6 Å². The zero-order valence-corrected chi connectivity index (χ0v) is 23.3. The number of nitriles is 1. The normalized spacial score (nSPS) is 14.2. The first-order valence-electron chi connectivity index (χ1n) is 13.6. The fourth-order valence-corrected chi connectivity index (χ4v) is 5.76. The summed E-state index contributed by atoms with van der Waals surface area (Å²) >= 11 is -2.02. The van der Waals surface area contributed by atoms with Crippen LogP contribution in [0.15, 0.2) is 72.8 Å². The van der Waals surface area contributed by atoms with Crippen molar-refractivity contribution in [1.29, 1.82) is 5.26 Å². The van der Waals surface area contributed by atoms with E-state index in [2.05, 4.69) is 39.9 Å². The molecule has 9 heteroatoms. The number of nitrogens with zero attached hydrogens (tertiary/aromatic N) is 4. The molecule has 0 radical (unpaired) electrons. The minimum atomic E-state index is -2.02. The highest BCUT2D eigenvalue weighted by Gasteiger charge is 2.24. The fraction of sp³-hybridized carbons (Fsp3) is 0.290. The molecule has 0 aliphatic carbocycles. The molecule has 1 N–H and O–H groups in total. The molecule has 2 heterocycles. The molecule has 1 unspecified atom stereocenters. The van der Waals surface area contributed by atoms with Crippen LogP contribution in [0.5, 0.6) is 0 Å². The number of aryl methyl sites for hydroxylation is 1. The van der Waals surface area contributed by atoms with Gasteiger partial charge in [0.1, 0.15) is 6.07 Å². The van der Waals surface area contributed by atoms with Crippen molar-refractivity contribution in [2.45, 2.75) is 19.9 Å². The molecule has 1 amide bonds. The van der Waals surface area contributed by atoms with Gasteiger partial charge in [-0.1, -0.05) is 41.4 Å². The molecule has 0 spiro atoms. The minimum absolute atomic E-state index is 0.0685. The molecule has 8 nitrogen and oxygen atoms in total. The summed E-state index contributed by atoms with van der Waals surface area (Å²) in [4.78, 5) is 17.1. The van der Waals surface area contributed by atoms with Crippen molar-refractivity contribution in [3.05, 3.63) is 83.9 Å². The average molecular weight is 555 g/mol. The van der Waals surface area contributed by atoms with Crippen LogP contribution in [-0.4, -0.2) is 62.6 Å². The van der Waals surface area contributed by atoms with Crippen molar-refractivity contribution >= 4 is 39.3 Å². The standard InChI is InChI=1S/C31H33N5O3S/c1-2-36-29-21-26(34-16-18-35(19-17-34)31(37)24-7-4-3-5-8-24)13-14-27(29)28(22-32)30(36)23-9-11-25(12-10-23)33-15-6-20-40(38)39/h3-5,7-14,21,33H,2,6,15-20H2,1H3,(H,38,39)/p-1. The van der Waals surface area contributed by atoms with Gasteiger partial charge in [-0.2, -0.15) is 5.26 Å². The van der Waals surface area contributed by atoms with Crippen LogP contribution in [0.1, 0.15) is 29.3 Å². The first kappa shape index (κ1) is 27.4. The zero-order chi connectivity index (χ0) is 28.1. The van der Waals surface area contributed by atoms with Gasteiger partial charge in [0.25, 0.3) is 5.91 Å². The number of nitrogens with one attached hydrogen (secondary N) is 1. The van der Waals surface area contributed by atoms with Crippen molar-refractivity contribution in [2.24, 2.45) is 0 Å². The lowest BCUT2D eigenvalue weighted by Gasteiger charge is -2.36. The van der Waals surface area contributed by atoms with Gasteiger partial charge >= 0.3 is 0 Å². The second-order valence-electron chi connectivity index (χ2n) is 9.79. The fourth-order valence-electron chi connectivity index (χ4n) is 5.38. The topological polar surface area (TPSA) is 104 Å². The highest BCUT2D eigenvalue weighted by molar-refractivity contribution is 7.79. The lowest BCUT2D eigenvalue weighted by atomic mass is 10.1. The van der Waals surface area contributed by atoms with Crippen molar-refractivity contribution in [2.75, 3.05) is 48.7 Å². The molecule has 40 heavy (non-hydrogen) atoms. The second kappa shape index (κ2) is 12.4. The molecule has 1 fully saturated rings. The van der Waals surface area contributed by atoms with Gasteiger partial charge in [-0.05, 0) is 61.4 Å². The van der Waals surface area contributed by atoms with Crippen LogP contribution in [0.25, 0.3) is 22.2 Å². The van der Waals surface area contributed by atoms with E-state index < -0.39 is 11.1 Å². The van der Waals surface area contributed by atoms with E-state index in [0.717, 1.165) is 52.2 Å². The number of benzene rings is 3. The minimum Gasteiger partial charge on any atom is -0.772 e. The molecule has 1 aromatic heterocycles. The number of hydrogen-bond acceptors (Lipinski definition) is 6. The average Bonchev–Trinajstić information content (AvgIpc) is 3.32. The number of carbonyl (C=O) groups excluding carboxylic acids is 1. The number of aromatic nitrogens is 1. The SMILES string of the molecule is CCn1c(-c2ccc(NCCCS(=O)[O-])cc2)c(C#N)c2ccc(N3CCN(C(=O)c4ccccc4)CC3)cc21. The Balaban J connectivity index is 1.36. The summed E-state index contributed by atoms with van der Waals surface area (Å²) in [5, 5.41) is 14.3. The Kier molecular flexibility index (Phi) is 8.48. The molecule has 206 valence electrons. The summed E-state index contributed by atoms with van der Waals surface area (Å²) in [6, 6.07) is 26.0. The third-order valence-corrected chi connectivity index (χ3v) is 8.03. The summed E-state index contributed by atoms with van der Waals surface area (Å²) in [7, 11) is 0. The Labute approximate surface area is 237 Å². The van der Waals surface area contributed by atoms with Gasteiger partial charge < -0.3 is 24.2 Å². The first-order valence-corrected chi connectivity index (χ1v) is 14.8. The molecule has 0 saturated carbocycles. The molecule has 1 atom stereocenters. The van der Waals surface area contributed by atoms with E-state index in [1.54, 1.807) is 0 Å². The Bertz CT molecular complexity index is 1550. The Morgan fingerprint density at radius 3 is 2.40 bits per heavy atom. The van der Waals surface area contributed by atoms with E-state index >= 15 is 0 Å². The van der Waals surface area contributed by atoms with E-state index in [1.165, 1.54) is 0 Å². The summed E-state index contributed by atoms with van der Waals surface area (Å²) < 4.78 is 23.7. The van der Waals surface area contributed by atoms with Gasteiger partial charge in [-0.15, -0.1) is 0 Å². The number of hydrogen-bond donors (Lipinski definition) is 1. The van der Waals surface area contributed by atoms with Crippen molar-refractivity contribution in [1.82, 2.24) is 9.47 Å². The van der Waals surface area contributed by atoms with Crippen molar-refractivity contribution < 1.29 is 13.6 Å². The first-order chi connectivity index (χ1) is 19.5. The van der Waals surface area contributed by atoms with Crippen LogP contribution in [0.2, 0.25) is 0 Å². The molecular formula is C31H32N5O3S-. The Hall–Kier alpha value is -4.13. The number of amides is 1.